The zero-order valence-corrected chi connectivity index (χ0v) is 29.1. The summed E-state index contributed by atoms with van der Waals surface area (Å²) in [6.45, 7) is 7.47. The Balaban J connectivity index is 1.20. The highest BCUT2D eigenvalue weighted by Gasteiger charge is 2.51. The number of nitriles is 1. The number of amides is 1. The normalized spacial score (nSPS) is 25.4. The first-order valence-corrected chi connectivity index (χ1v) is 17.7. The Morgan fingerprint density at radius 2 is 1.88 bits per heavy atom. The van der Waals surface area contributed by atoms with E-state index in [0.29, 0.717) is 48.4 Å². The van der Waals surface area contributed by atoms with Crippen LogP contribution in [0.5, 0.6) is 6.01 Å². The average Bonchev–Trinajstić information content (AvgIpc) is 3.86. The Labute approximate surface area is 297 Å². The number of nitrogens with two attached hydrogens (primary N) is 1. The maximum absolute atomic E-state index is 17.5. The molecule has 0 saturated carbocycles. The molecule has 6 aliphatic rings. The van der Waals surface area contributed by atoms with Gasteiger partial charge in [-0.2, -0.15) is 15.2 Å². The molecule has 1 amide bonds. The number of alkyl halides is 1. The Kier molecular flexibility index (Phi) is 7.37. The molecule has 5 saturated heterocycles. The molecule has 10 rings (SSSR count). The third kappa shape index (κ3) is 4.97. The van der Waals surface area contributed by atoms with Crippen LogP contribution in [-0.2, 0) is 22.7 Å². The highest BCUT2D eigenvalue weighted by atomic mass is 19.1. The number of hydrogen-bond acceptors (Lipinski definition) is 11. The lowest BCUT2D eigenvalue weighted by atomic mass is 9.86. The SMILES string of the molecule is CC(C)(C)OC(=O)N1CC2CC(C1)N2c1nc(OC[C@@]23CCCN2C[C@H](F)C3)nc2c(F)c(-c3c(F)ccc4oc(N)c(C#N)c34)c3c(c12)COC3. The van der Waals surface area contributed by atoms with Crippen LogP contribution < -0.4 is 15.4 Å². The minimum atomic E-state index is -0.971. The number of nitrogens with zero attached hydrogens (tertiary/aromatic N) is 6. The lowest BCUT2D eigenvalue weighted by Crippen LogP contribution is -2.70. The van der Waals surface area contributed by atoms with E-state index in [4.69, 9.17) is 29.3 Å². The molecule has 0 aliphatic carbocycles. The van der Waals surface area contributed by atoms with Crippen molar-refractivity contribution >= 4 is 39.7 Å². The van der Waals surface area contributed by atoms with Crippen molar-refractivity contribution in [3.05, 3.63) is 40.5 Å². The number of nitrogen functional groups attached to an aromatic ring is 1. The third-order valence-corrected chi connectivity index (χ3v) is 11.3. The van der Waals surface area contributed by atoms with Gasteiger partial charge in [0.25, 0.3) is 0 Å². The summed E-state index contributed by atoms with van der Waals surface area (Å²) in [7, 11) is 0. The first-order valence-electron chi connectivity index (χ1n) is 17.7. The van der Waals surface area contributed by atoms with Gasteiger partial charge in [0.15, 0.2) is 5.82 Å². The second kappa shape index (κ2) is 11.6. The third-order valence-electron chi connectivity index (χ3n) is 11.3. The number of carbonyl (C=O) groups excluding carboxylic acids is 1. The number of furan rings is 1. The fourth-order valence-electron chi connectivity index (χ4n) is 9.12. The van der Waals surface area contributed by atoms with Gasteiger partial charge < -0.3 is 34.2 Å². The molecule has 12 nitrogen and oxygen atoms in total. The molecule has 5 fully saturated rings. The first kappa shape index (κ1) is 33.1. The molecule has 15 heteroatoms. The zero-order valence-electron chi connectivity index (χ0n) is 29.1. The van der Waals surface area contributed by atoms with E-state index in [9.17, 15) is 14.4 Å². The van der Waals surface area contributed by atoms with Crippen LogP contribution in [0, 0.1) is 23.0 Å². The molecule has 8 heterocycles. The maximum atomic E-state index is 17.5. The number of halogens is 3. The molecule has 0 radical (unpaired) electrons. The van der Waals surface area contributed by atoms with E-state index in [0.717, 1.165) is 31.9 Å². The Hall–Kier alpha value is -4.81. The lowest BCUT2D eigenvalue weighted by molar-refractivity contribution is 0.00843. The highest BCUT2D eigenvalue weighted by Crippen LogP contribution is 2.49. The van der Waals surface area contributed by atoms with Crippen molar-refractivity contribution in [3.8, 4) is 23.2 Å². The number of piperazine rings is 1. The van der Waals surface area contributed by atoms with Gasteiger partial charge in [-0.05, 0) is 69.8 Å². The van der Waals surface area contributed by atoms with Crippen LogP contribution in [0.15, 0.2) is 16.5 Å². The fourth-order valence-corrected chi connectivity index (χ4v) is 9.12. The van der Waals surface area contributed by atoms with Gasteiger partial charge in [0.2, 0.25) is 5.88 Å². The molecule has 272 valence electrons. The summed E-state index contributed by atoms with van der Waals surface area (Å²) in [4.78, 5) is 28.5. The Bertz CT molecular complexity index is 2200. The minimum Gasteiger partial charge on any atom is -0.461 e. The number of hydrogen-bond donors (Lipinski definition) is 1. The van der Waals surface area contributed by atoms with Gasteiger partial charge in [-0.25, -0.2) is 18.0 Å². The van der Waals surface area contributed by atoms with E-state index in [2.05, 4.69) is 14.8 Å². The molecule has 2 bridgehead atoms. The smallest absolute Gasteiger partial charge is 0.410 e. The van der Waals surface area contributed by atoms with Gasteiger partial charge in [0.05, 0.1) is 41.6 Å². The number of benzene rings is 2. The van der Waals surface area contributed by atoms with E-state index in [1.165, 1.54) is 6.07 Å². The first-order chi connectivity index (χ1) is 24.9. The molecule has 4 atom stereocenters. The molecular weight excluding hydrogens is 679 g/mol. The van der Waals surface area contributed by atoms with E-state index >= 15 is 8.78 Å². The second-order valence-electron chi connectivity index (χ2n) is 15.6. The van der Waals surface area contributed by atoms with Crippen molar-refractivity contribution in [2.75, 3.05) is 43.4 Å². The second-order valence-corrected chi connectivity index (χ2v) is 15.6. The molecule has 2 N–H and O–H groups in total. The summed E-state index contributed by atoms with van der Waals surface area (Å²) in [5, 5.41) is 10.4. The van der Waals surface area contributed by atoms with Crippen molar-refractivity contribution in [2.24, 2.45) is 0 Å². The maximum Gasteiger partial charge on any atom is 0.410 e. The fraction of sp³-hybridized carbons (Fsp3) is 0.514. The van der Waals surface area contributed by atoms with Crippen LogP contribution >= 0.6 is 0 Å². The van der Waals surface area contributed by atoms with Gasteiger partial charge >= 0.3 is 12.1 Å². The van der Waals surface area contributed by atoms with Gasteiger partial charge in [-0.15, -0.1) is 0 Å². The standard InChI is InChI=1S/C37H38F3N7O5/c1-36(2,3)52-35(48)45-13-19-9-20(14-45)47(19)33-28-23-16-49-15-22(23)27(29-24(39)5-6-25-26(29)21(11-41)32(42)51-25)30(40)31(28)43-34(44-33)50-17-37-7-4-8-46(37)12-18(38)10-37/h5-6,18-20H,4,7-10,12-17,42H2,1-3H3/t18-,19?,20?,37+/m1/s1. The van der Waals surface area contributed by atoms with Crippen molar-refractivity contribution in [3.63, 3.8) is 0 Å². The van der Waals surface area contributed by atoms with Crippen molar-refractivity contribution < 1.29 is 36.6 Å². The highest BCUT2D eigenvalue weighted by molar-refractivity contribution is 6.06. The number of anilines is 2. The quantitative estimate of drug-likeness (QED) is 0.261. The van der Waals surface area contributed by atoms with Gasteiger partial charge in [0, 0.05) is 37.2 Å². The van der Waals surface area contributed by atoms with Crippen molar-refractivity contribution in [1.82, 2.24) is 19.8 Å². The predicted octanol–water partition coefficient (Wildman–Crippen LogP) is 5.96. The van der Waals surface area contributed by atoms with Gasteiger partial charge in [-0.1, -0.05) is 0 Å². The van der Waals surface area contributed by atoms with Crippen molar-refractivity contribution in [1.29, 1.82) is 5.26 Å². The summed E-state index contributed by atoms with van der Waals surface area (Å²) in [5.41, 5.74) is 5.48. The summed E-state index contributed by atoms with van der Waals surface area (Å²) in [6.07, 6.45) is 1.40. The van der Waals surface area contributed by atoms with E-state index < -0.39 is 35.0 Å². The molecular formula is C37H38F3N7O5. The Morgan fingerprint density at radius 3 is 2.63 bits per heavy atom. The van der Waals surface area contributed by atoms with E-state index in [1.807, 2.05) is 26.8 Å². The van der Waals surface area contributed by atoms with Crippen LogP contribution in [-0.4, -0.2) is 88.0 Å². The molecule has 2 aromatic carbocycles. The lowest BCUT2D eigenvalue weighted by Gasteiger charge is -2.56. The van der Waals surface area contributed by atoms with Crippen LogP contribution in [0.3, 0.4) is 0 Å². The van der Waals surface area contributed by atoms with Crippen LogP contribution in [0.4, 0.5) is 29.7 Å². The summed E-state index contributed by atoms with van der Waals surface area (Å²) >= 11 is 0. The van der Waals surface area contributed by atoms with Crippen LogP contribution in [0.1, 0.15) is 63.1 Å². The summed E-state index contributed by atoms with van der Waals surface area (Å²) < 4.78 is 71.6. The summed E-state index contributed by atoms with van der Waals surface area (Å²) in [6, 6.07) is 4.09. The number of aromatic nitrogens is 2. The van der Waals surface area contributed by atoms with Crippen molar-refractivity contribution in [2.45, 2.75) is 89.1 Å². The minimum absolute atomic E-state index is 0.0255. The number of rotatable bonds is 5. The molecule has 2 aromatic heterocycles. The monoisotopic (exact) mass is 717 g/mol. The van der Waals surface area contributed by atoms with Gasteiger partial charge in [-0.3, -0.25) is 4.90 Å². The van der Waals surface area contributed by atoms with E-state index in [-0.39, 0.29) is 77.0 Å². The number of fused-ring (bicyclic) bond motifs is 7. The summed E-state index contributed by atoms with van der Waals surface area (Å²) in [5.74, 6) is -1.39. The zero-order chi connectivity index (χ0) is 36.3. The predicted molar refractivity (Wildman–Crippen MR) is 183 cm³/mol. The molecule has 52 heavy (non-hydrogen) atoms. The number of piperidine rings is 1. The number of ether oxygens (including phenoxy) is 3. The largest absolute Gasteiger partial charge is 0.461 e. The average molecular weight is 718 g/mol. The molecule has 2 unspecified atom stereocenters. The molecule has 6 aliphatic heterocycles. The van der Waals surface area contributed by atoms with Crippen LogP contribution in [0.25, 0.3) is 33.0 Å². The topological polar surface area (TPSA) is 143 Å². The van der Waals surface area contributed by atoms with Crippen LogP contribution in [0.2, 0.25) is 0 Å². The van der Waals surface area contributed by atoms with Gasteiger partial charge in [0.1, 0.15) is 52.7 Å². The number of carbonyl (C=O) groups is 1. The molecule has 4 aromatic rings. The Morgan fingerprint density at radius 1 is 1.12 bits per heavy atom. The molecule has 0 spiro atoms. The van der Waals surface area contributed by atoms with E-state index in [1.54, 1.807) is 4.90 Å².